The maximum atomic E-state index is 11.9. The van der Waals surface area contributed by atoms with E-state index in [9.17, 15) is 9.59 Å². The summed E-state index contributed by atoms with van der Waals surface area (Å²) in [5.74, 6) is -0.143. The number of benzene rings is 1. The molecular weight excluding hydrogens is 248 g/mol. The topological polar surface area (TPSA) is 78.9 Å². The normalized spacial score (nSPS) is 16.4. The van der Waals surface area contributed by atoms with E-state index < -0.39 is 5.97 Å². The highest BCUT2D eigenvalue weighted by molar-refractivity contribution is 5.75. The molecule has 1 aliphatic heterocycles. The number of urea groups is 1. The number of carbonyl (C=O) groups excluding carboxylic acids is 1. The van der Waals surface area contributed by atoms with Gasteiger partial charge in [0.1, 0.15) is 12.4 Å². The molecule has 2 N–H and O–H groups in total. The predicted octanol–water partition coefficient (Wildman–Crippen LogP) is 1.24. The third-order valence-electron chi connectivity index (χ3n) is 3.01. The quantitative estimate of drug-likeness (QED) is 0.857. The molecule has 19 heavy (non-hydrogen) atoms. The molecular formula is C13H16N2O4. The number of rotatable bonds is 4. The highest BCUT2D eigenvalue weighted by atomic mass is 16.5. The number of hydrogen-bond donors (Lipinski definition) is 2. The van der Waals surface area contributed by atoms with Gasteiger partial charge in [0.25, 0.3) is 0 Å². The Morgan fingerprint density at radius 2 is 2.21 bits per heavy atom. The molecule has 102 valence electrons. The fraction of sp³-hybridized carbons (Fsp3) is 0.385. The zero-order chi connectivity index (χ0) is 13.8. The smallest absolute Gasteiger partial charge is 0.317 e. The number of carbonyl (C=O) groups is 2. The molecule has 0 spiro atoms. The van der Waals surface area contributed by atoms with Gasteiger partial charge in [0.05, 0.1) is 12.5 Å². The third kappa shape index (κ3) is 3.15. The SMILES string of the molecule is CN(CCC(=O)O)C(=O)NC1COc2ccccc21. The van der Waals surface area contributed by atoms with Crippen molar-refractivity contribution in [1.29, 1.82) is 0 Å². The Kier molecular flexibility index (Phi) is 3.89. The number of nitrogens with zero attached hydrogens (tertiary/aromatic N) is 1. The molecule has 6 nitrogen and oxygen atoms in total. The first-order valence-corrected chi connectivity index (χ1v) is 6.03. The average Bonchev–Trinajstić information content (AvgIpc) is 2.79. The van der Waals surface area contributed by atoms with Gasteiger partial charge in [0.15, 0.2) is 0 Å². The fourth-order valence-electron chi connectivity index (χ4n) is 1.91. The summed E-state index contributed by atoms with van der Waals surface area (Å²) in [6.07, 6.45) is -0.0678. The van der Waals surface area contributed by atoms with Crippen LogP contribution in [0.25, 0.3) is 0 Å². The van der Waals surface area contributed by atoms with Crippen molar-refractivity contribution in [2.24, 2.45) is 0 Å². The number of fused-ring (bicyclic) bond motifs is 1. The molecule has 2 amide bonds. The lowest BCUT2D eigenvalue weighted by molar-refractivity contribution is -0.137. The molecule has 0 saturated carbocycles. The Labute approximate surface area is 111 Å². The monoisotopic (exact) mass is 264 g/mol. The molecule has 0 radical (unpaired) electrons. The third-order valence-corrected chi connectivity index (χ3v) is 3.01. The summed E-state index contributed by atoms with van der Waals surface area (Å²) in [5.41, 5.74) is 0.947. The Bertz CT molecular complexity index is 489. The summed E-state index contributed by atoms with van der Waals surface area (Å²) in [4.78, 5) is 23.7. The molecule has 6 heteroatoms. The van der Waals surface area contributed by atoms with Crippen LogP contribution in [0, 0.1) is 0 Å². The Morgan fingerprint density at radius 1 is 1.47 bits per heavy atom. The first kappa shape index (κ1) is 13.2. The van der Waals surface area contributed by atoms with Crippen LogP contribution in [0.15, 0.2) is 24.3 Å². The van der Waals surface area contributed by atoms with E-state index >= 15 is 0 Å². The highest BCUT2D eigenvalue weighted by Gasteiger charge is 2.26. The Hall–Kier alpha value is -2.24. The lowest BCUT2D eigenvalue weighted by Gasteiger charge is -2.19. The van der Waals surface area contributed by atoms with E-state index in [-0.39, 0.29) is 25.0 Å². The van der Waals surface area contributed by atoms with Gasteiger partial charge in [-0.25, -0.2) is 4.79 Å². The molecule has 1 atom stereocenters. The lowest BCUT2D eigenvalue weighted by atomic mass is 10.1. The zero-order valence-corrected chi connectivity index (χ0v) is 10.6. The predicted molar refractivity (Wildman–Crippen MR) is 68.1 cm³/mol. The van der Waals surface area contributed by atoms with E-state index in [0.717, 1.165) is 11.3 Å². The summed E-state index contributed by atoms with van der Waals surface area (Å²) < 4.78 is 5.46. The van der Waals surface area contributed by atoms with Crippen LogP contribution >= 0.6 is 0 Å². The van der Waals surface area contributed by atoms with Crippen LogP contribution in [0.1, 0.15) is 18.0 Å². The van der Waals surface area contributed by atoms with E-state index in [1.165, 1.54) is 4.90 Å². The Balaban J connectivity index is 1.92. The summed E-state index contributed by atoms with van der Waals surface area (Å²) in [6, 6.07) is 7.05. The van der Waals surface area contributed by atoms with E-state index in [4.69, 9.17) is 9.84 Å². The second-order valence-electron chi connectivity index (χ2n) is 4.42. The second kappa shape index (κ2) is 5.60. The van der Waals surface area contributed by atoms with E-state index in [2.05, 4.69) is 5.32 Å². The molecule has 1 aromatic carbocycles. The number of hydrogen-bond acceptors (Lipinski definition) is 3. The van der Waals surface area contributed by atoms with Crippen molar-refractivity contribution in [2.45, 2.75) is 12.5 Å². The number of amides is 2. The minimum Gasteiger partial charge on any atom is -0.491 e. The van der Waals surface area contributed by atoms with Crippen LogP contribution < -0.4 is 10.1 Å². The largest absolute Gasteiger partial charge is 0.491 e. The molecule has 2 rings (SSSR count). The lowest BCUT2D eigenvalue weighted by Crippen LogP contribution is -2.40. The highest BCUT2D eigenvalue weighted by Crippen LogP contribution is 2.31. The number of carboxylic acids is 1. The standard InChI is InChI=1S/C13H16N2O4/c1-15(7-6-12(16)17)13(18)14-10-8-19-11-5-3-2-4-9(10)11/h2-5,10H,6-8H2,1H3,(H,14,18)(H,16,17). The van der Waals surface area contributed by atoms with Gasteiger partial charge in [-0.1, -0.05) is 18.2 Å². The van der Waals surface area contributed by atoms with Crippen LogP contribution in [0.3, 0.4) is 0 Å². The van der Waals surface area contributed by atoms with Gasteiger partial charge in [-0.3, -0.25) is 4.79 Å². The molecule has 1 unspecified atom stereocenters. The van der Waals surface area contributed by atoms with Crippen molar-refractivity contribution < 1.29 is 19.4 Å². The molecule has 0 aliphatic carbocycles. The van der Waals surface area contributed by atoms with Gasteiger partial charge in [-0.05, 0) is 6.07 Å². The number of para-hydroxylation sites is 1. The van der Waals surface area contributed by atoms with Crippen LogP contribution in [0.5, 0.6) is 5.75 Å². The van der Waals surface area contributed by atoms with Crippen LogP contribution in [0.2, 0.25) is 0 Å². The van der Waals surface area contributed by atoms with Crippen molar-refractivity contribution in [1.82, 2.24) is 10.2 Å². The van der Waals surface area contributed by atoms with Gasteiger partial charge < -0.3 is 20.1 Å². The van der Waals surface area contributed by atoms with Gasteiger partial charge >= 0.3 is 12.0 Å². The minimum atomic E-state index is -0.922. The summed E-state index contributed by atoms with van der Waals surface area (Å²) in [6.45, 7) is 0.578. The molecule has 1 heterocycles. The van der Waals surface area contributed by atoms with E-state index in [1.807, 2.05) is 24.3 Å². The van der Waals surface area contributed by atoms with Crippen LogP contribution in [-0.4, -0.2) is 42.2 Å². The van der Waals surface area contributed by atoms with Crippen molar-refractivity contribution >= 4 is 12.0 Å². The maximum absolute atomic E-state index is 11.9. The van der Waals surface area contributed by atoms with Crippen LogP contribution in [-0.2, 0) is 4.79 Å². The second-order valence-corrected chi connectivity index (χ2v) is 4.42. The average molecular weight is 264 g/mol. The first-order valence-electron chi connectivity index (χ1n) is 6.03. The minimum absolute atomic E-state index is 0.0678. The number of aliphatic carboxylic acids is 1. The molecule has 0 bridgehead atoms. The molecule has 0 saturated heterocycles. The van der Waals surface area contributed by atoms with Crippen molar-refractivity contribution in [3.05, 3.63) is 29.8 Å². The zero-order valence-electron chi connectivity index (χ0n) is 10.6. The molecule has 0 aromatic heterocycles. The summed E-state index contributed by atoms with van der Waals surface area (Å²) >= 11 is 0. The summed E-state index contributed by atoms with van der Waals surface area (Å²) in [7, 11) is 1.57. The first-order chi connectivity index (χ1) is 9.08. The van der Waals surface area contributed by atoms with Crippen molar-refractivity contribution in [3.63, 3.8) is 0 Å². The van der Waals surface area contributed by atoms with E-state index in [1.54, 1.807) is 7.05 Å². The number of nitrogens with one attached hydrogen (secondary N) is 1. The van der Waals surface area contributed by atoms with Crippen LogP contribution in [0.4, 0.5) is 4.79 Å². The fourth-order valence-corrected chi connectivity index (χ4v) is 1.91. The summed E-state index contributed by atoms with van der Waals surface area (Å²) in [5, 5.41) is 11.4. The van der Waals surface area contributed by atoms with Crippen molar-refractivity contribution in [2.75, 3.05) is 20.2 Å². The van der Waals surface area contributed by atoms with Gasteiger partial charge in [-0.2, -0.15) is 0 Å². The number of ether oxygens (including phenoxy) is 1. The Morgan fingerprint density at radius 3 is 2.95 bits per heavy atom. The number of carboxylic acid groups (broad SMARTS) is 1. The molecule has 0 fully saturated rings. The van der Waals surface area contributed by atoms with Crippen molar-refractivity contribution in [3.8, 4) is 5.75 Å². The van der Waals surface area contributed by atoms with E-state index in [0.29, 0.717) is 6.61 Å². The van der Waals surface area contributed by atoms with Gasteiger partial charge in [0.2, 0.25) is 0 Å². The van der Waals surface area contributed by atoms with Gasteiger partial charge in [0, 0.05) is 19.2 Å². The molecule has 1 aliphatic rings. The maximum Gasteiger partial charge on any atom is 0.317 e. The molecule has 1 aromatic rings. The van der Waals surface area contributed by atoms with Gasteiger partial charge in [-0.15, -0.1) is 0 Å².